The summed E-state index contributed by atoms with van der Waals surface area (Å²) in [5.74, 6) is -1.57. The van der Waals surface area contributed by atoms with Crippen LogP contribution in [0.2, 0.25) is 0 Å². The lowest BCUT2D eigenvalue weighted by Gasteiger charge is -2.10. The van der Waals surface area contributed by atoms with Gasteiger partial charge in [-0.2, -0.15) is 0 Å². The van der Waals surface area contributed by atoms with E-state index in [1.54, 1.807) is 0 Å². The first kappa shape index (κ1) is 23.1. The van der Waals surface area contributed by atoms with E-state index in [4.69, 9.17) is 0 Å². The predicted molar refractivity (Wildman–Crippen MR) is 98.9 cm³/mol. The summed E-state index contributed by atoms with van der Waals surface area (Å²) in [7, 11) is -4.03. The van der Waals surface area contributed by atoms with Crippen molar-refractivity contribution in [2.45, 2.75) is 24.2 Å². The third-order valence-corrected chi connectivity index (χ3v) is 5.47. The summed E-state index contributed by atoms with van der Waals surface area (Å²) in [5.41, 5.74) is 0.259. The maximum absolute atomic E-state index is 13.6. The van der Waals surface area contributed by atoms with Gasteiger partial charge in [-0.15, -0.1) is 13.2 Å². The molecule has 158 valence electrons. The number of carbonyl (C=O) groups excluding carboxylic acids is 1. The second-order valence-corrected chi connectivity index (χ2v) is 8.36. The molecule has 0 aliphatic heterocycles. The maximum atomic E-state index is 13.6. The van der Waals surface area contributed by atoms with Gasteiger partial charge < -0.3 is 10.1 Å². The van der Waals surface area contributed by atoms with Crippen LogP contribution in [0, 0.1) is 5.82 Å². The van der Waals surface area contributed by atoms with Crippen LogP contribution in [0.25, 0.3) is 0 Å². The number of rotatable bonds is 8. The third-order valence-electron chi connectivity index (χ3n) is 3.50. The number of sulfonamides is 1. The normalized spacial score (nSPS) is 11.9. The highest BCUT2D eigenvalue weighted by molar-refractivity contribution is 9.10. The Kier molecular flexibility index (Phi) is 7.60. The molecule has 0 aromatic heterocycles. The van der Waals surface area contributed by atoms with Gasteiger partial charge in [-0.25, -0.2) is 17.5 Å². The average molecular weight is 499 g/mol. The summed E-state index contributed by atoms with van der Waals surface area (Å²) in [5, 5.41) is 2.46. The lowest BCUT2D eigenvalue weighted by Crippen LogP contribution is -2.30. The van der Waals surface area contributed by atoms with Gasteiger partial charge in [-0.05, 0) is 42.5 Å². The Labute approximate surface area is 172 Å². The Morgan fingerprint density at radius 2 is 1.76 bits per heavy atom. The van der Waals surface area contributed by atoms with E-state index >= 15 is 0 Å². The van der Waals surface area contributed by atoms with Crippen molar-refractivity contribution in [1.82, 2.24) is 10.0 Å². The van der Waals surface area contributed by atoms with Crippen LogP contribution in [-0.4, -0.2) is 27.2 Å². The largest absolute Gasteiger partial charge is 0.573 e. The summed E-state index contributed by atoms with van der Waals surface area (Å²) in [4.78, 5) is 11.5. The standard InChI is InChI=1S/C17H15BrF4N2O4S/c18-12-1-6-15(19)11(9-12)10-23-16(25)7-8-24-29(26,27)14-4-2-13(3-5-14)28-17(20,21)22/h1-6,9,24H,7-8,10H2,(H,23,25). The second-order valence-electron chi connectivity index (χ2n) is 5.68. The van der Waals surface area contributed by atoms with Crippen molar-refractivity contribution in [3.8, 4) is 5.75 Å². The highest BCUT2D eigenvalue weighted by atomic mass is 79.9. The first-order valence-corrected chi connectivity index (χ1v) is 10.3. The molecule has 0 spiro atoms. The number of benzene rings is 2. The zero-order chi connectivity index (χ0) is 21.7. The highest BCUT2D eigenvalue weighted by Gasteiger charge is 2.31. The van der Waals surface area contributed by atoms with Crippen molar-refractivity contribution >= 4 is 31.9 Å². The first-order chi connectivity index (χ1) is 13.5. The summed E-state index contributed by atoms with van der Waals surface area (Å²) in [6.45, 7) is -0.326. The zero-order valence-electron chi connectivity index (χ0n) is 14.6. The number of hydrogen-bond acceptors (Lipinski definition) is 4. The molecule has 0 fully saturated rings. The van der Waals surface area contributed by atoms with E-state index in [1.807, 2.05) is 0 Å². The SMILES string of the molecule is O=C(CCNS(=O)(=O)c1ccc(OC(F)(F)F)cc1)NCc1cc(Br)ccc1F. The number of carbonyl (C=O) groups is 1. The summed E-state index contributed by atoms with van der Waals surface area (Å²) >= 11 is 3.19. The van der Waals surface area contributed by atoms with Gasteiger partial charge in [0.1, 0.15) is 11.6 Å². The van der Waals surface area contributed by atoms with E-state index in [0.717, 1.165) is 24.3 Å². The van der Waals surface area contributed by atoms with Gasteiger partial charge >= 0.3 is 6.36 Å². The summed E-state index contributed by atoms with van der Waals surface area (Å²) in [6, 6.07) is 7.87. The maximum Gasteiger partial charge on any atom is 0.573 e. The number of ether oxygens (including phenoxy) is 1. The quantitative estimate of drug-likeness (QED) is 0.545. The molecule has 2 N–H and O–H groups in total. The van der Waals surface area contributed by atoms with Crippen molar-refractivity contribution in [2.75, 3.05) is 6.54 Å². The predicted octanol–water partition coefficient (Wildman–Crippen LogP) is 3.47. The molecule has 0 saturated carbocycles. The van der Waals surface area contributed by atoms with Crippen molar-refractivity contribution in [1.29, 1.82) is 0 Å². The Morgan fingerprint density at radius 3 is 2.38 bits per heavy atom. The number of nitrogens with one attached hydrogen (secondary N) is 2. The fourth-order valence-corrected chi connectivity index (χ4v) is 3.60. The number of alkyl halides is 3. The Hall–Kier alpha value is -2.18. The van der Waals surface area contributed by atoms with Crippen LogP contribution in [0.5, 0.6) is 5.75 Å². The van der Waals surface area contributed by atoms with Crippen molar-refractivity contribution in [3.05, 3.63) is 58.3 Å². The number of amides is 1. The molecule has 29 heavy (non-hydrogen) atoms. The van der Waals surface area contributed by atoms with Gasteiger partial charge in [0, 0.05) is 29.5 Å². The Morgan fingerprint density at radius 1 is 1.10 bits per heavy atom. The molecule has 2 aromatic rings. The average Bonchev–Trinajstić information content (AvgIpc) is 2.61. The van der Waals surface area contributed by atoms with Crippen LogP contribution >= 0.6 is 15.9 Å². The van der Waals surface area contributed by atoms with Gasteiger partial charge in [-0.1, -0.05) is 15.9 Å². The zero-order valence-corrected chi connectivity index (χ0v) is 17.0. The molecule has 0 radical (unpaired) electrons. The molecule has 0 unspecified atom stereocenters. The number of halogens is 5. The Balaban J connectivity index is 1.84. The second kappa shape index (κ2) is 9.55. The van der Waals surface area contributed by atoms with Crippen molar-refractivity contribution in [2.24, 2.45) is 0 Å². The summed E-state index contributed by atoms with van der Waals surface area (Å²) in [6.07, 6.45) is -5.10. The lowest BCUT2D eigenvalue weighted by molar-refractivity contribution is -0.274. The fourth-order valence-electron chi connectivity index (χ4n) is 2.16. The van der Waals surface area contributed by atoms with E-state index in [2.05, 4.69) is 30.7 Å². The lowest BCUT2D eigenvalue weighted by atomic mass is 10.2. The molecule has 0 atom stereocenters. The molecule has 1 amide bonds. The molecule has 0 aliphatic carbocycles. The molecule has 2 aromatic carbocycles. The fraction of sp³-hybridized carbons (Fsp3) is 0.235. The van der Waals surface area contributed by atoms with Crippen LogP contribution in [0.3, 0.4) is 0 Å². The van der Waals surface area contributed by atoms with Crippen molar-refractivity contribution < 1.29 is 35.5 Å². The monoisotopic (exact) mass is 498 g/mol. The molecule has 0 saturated heterocycles. The molecule has 12 heteroatoms. The van der Waals surface area contributed by atoms with Crippen LogP contribution in [-0.2, 0) is 21.4 Å². The van der Waals surface area contributed by atoms with Crippen molar-refractivity contribution in [3.63, 3.8) is 0 Å². The van der Waals surface area contributed by atoms with Gasteiger partial charge in [0.15, 0.2) is 0 Å². The molecule has 0 aliphatic rings. The minimum Gasteiger partial charge on any atom is -0.406 e. The molecule has 2 rings (SSSR count). The Bertz CT molecular complexity index is 966. The van der Waals surface area contributed by atoms with E-state index in [9.17, 15) is 30.8 Å². The van der Waals surface area contributed by atoms with Crippen LogP contribution in [0.15, 0.2) is 51.8 Å². The van der Waals surface area contributed by atoms with Gasteiger partial charge in [0.25, 0.3) is 0 Å². The number of hydrogen-bond donors (Lipinski definition) is 2. The van der Waals surface area contributed by atoms with Gasteiger partial charge in [0.05, 0.1) is 4.90 Å². The molecular formula is C17H15BrF4N2O4S. The van der Waals surface area contributed by atoms with Gasteiger partial charge in [0.2, 0.25) is 15.9 Å². The van der Waals surface area contributed by atoms with Crippen LogP contribution < -0.4 is 14.8 Å². The third kappa shape index (κ3) is 7.63. The van der Waals surface area contributed by atoms with Crippen LogP contribution in [0.4, 0.5) is 17.6 Å². The van der Waals surface area contributed by atoms with E-state index < -0.39 is 33.9 Å². The highest BCUT2D eigenvalue weighted by Crippen LogP contribution is 2.23. The molecule has 6 nitrogen and oxygen atoms in total. The molecular weight excluding hydrogens is 484 g/mol. The van der Waals surface area contributed by atoms with E-state index in [0.29, 0.717) is 4.47 Å². The first-order valence-electron chi connectivity index (χ1n) is 8.02. The van der Waals surface area contributed by atoms with E-state index in [-0.39, 0.29) is 30.0 Å². The minimum absolute atomic E-state index is 0.0719. The molecule has 0 heterocycles. The van der Waals surface area contributed by atoms with Crippen LogP contribution in [0.1, 0.15) is 12.0 Å². The smallest absolute Gasteiger partial charge is 0.406 e. The minimum atomic E-state index is -4.88. The molecule has 0 bridgehead atoms. The topological polar surface area (TPSA) is 84.5 Å². The van der Waals surface area contributed by atoms with Gasteiger partial charge in [-0.3, -0.25) is 4.79 Å². The van der Waals surface area contributed by atoms with E-state index in [1.165, 1.54) is 18.2 Å². The summed E-state index contributed by atoms with van der Waals surface area (Å²) < 4.78 is 80.6.